The zero-order valence-corrected chi connectivity index (χ0v) is 18.3. The fourth-order valence-electron chi connectivity index (χ4n) is 2.67. The van der Waals surface area contributed by atoms with Crippen molar-refractivity contribution in [2.24, 2.45) is 0 Å². The molecule has 0 amide bonds. The Balaban J connectivity index is 1.52. The van der Waals surface area contributed by atoms with Gasteiger partial charge in [-0.25, -0.2) is 0 Å². The van der Waals surface area contributed by atoms with Crippen LogP contribution in [0, 0.1) is 0 Å². The highest BCUT2D eigenvalue weighted by Gasteiger charge is 2.18. The van der Waals surface area contributed by atoms with Crippen molar-refractivity contribution in [3.8, 4) is 34.5 Å². The van der Waals surface area contributed by atoms with Gasteiger partial charge in [0.15, 0.2) is 11.5 Å². The third-order valence-electron chi connectivity index (χ3n) is 4.02. The highest BCUT2D eigenvalue weighted by molar-refractivity contribution is 6.40. The summed E-state index contributed by atoms with van der Waals surface area (Å²) in [6, 6.07) is 11.6. The SMILES string of the molecule is COc1ccc(Cl)cc1-c1noc(-c2ccc(COc3c(Cl)cc(Cl)cc3Cl)o2)n1. The zero-order valence-electron chi connectivity index (χ0n) is 15.3. The lowest BCUT2D eigenvalue weighted by molar-refractivity contribution is 0.270. The summed E-state index contributed by atoms with van der Waals surface area (Å²) in [4.78, 5) is 4.36. The number of benzene rings is 2. The second kappa shape index (κ2) is 8.78. The number of ether oxygens (including phenoxy) is 2. The van der Waals surface area contributed by atoms with E-state index in [4.69, 9.17) is 64.8 Å². The molecule has 0 radical (unpaired) electrons. The van der Waals surface area contributed by atoms with Crippen LogP contribution in [0.25, 0.3) is 23.0 Å². The van der Waals surface area contributed by atoms with Gasteiger partial charge in [-0.05, 0) is 42.5 Å². The maximum Gasteiger partial charge on any atom is 0.293 e. The van der Waals surface area contributed by atoms with Crippen molar-refractivity contribution in [2.75, 3.05) is 7.11 Å². The Labute approximate surface area is 191 Å². The zero-order chi connectivity index (χ0) is 21.3. The van der Waals surface area contributed by atoms with Crippen molar-refractivity contribution in [1.29, 1.82) is 0 Å². The molecule has 6 nitrogen and oxygen atoms in total. The summed E-state index contributed by atoms with van der Waals surface area (Å²) < 4.78 is 22.0. The molecule has 0 N–H and O–H groups in total. The fraction of sp³-hybridized carbons (Fsp3) is 0.100. The van der Waals surface area contributed by atoms with E-state index in [2.05, 4.69) is 10.1 Å². The van der Waals surface area contributed by atoms with Crippen LogP contribution in [0.4, 0.5) is 0 Å². The van der Waals surface area contributed by atoms with Crippen molar-refractivity contribution in [1.82, 2.24) is 10.1 Å². The topological polar surface area (TPSA) is 70.5 Å². The van der Waals surface area contributed by atoms with Crippen molar-refractivity contribution < 1.29 is 18.4 Å². The molecule has 0 unspecified atom stereocenters. The van der Waals surface area contributed by atoms with Gasteiger partial charge < -0.3 is 18.4 Å². The number of nitrogens with zero attached hydrogens (tertiary/aromatic N) is 2. The number of furan rings is 1. The van der Waals surface area contributed by atoms with Crippen LogP contribution in [0.1, 0.15) is 5.76 Å². The quantitative estimate of drug-likeness (QED) is 0.287. The summed E-state index contributed by atoms with van der Waals surface area (Å²) in [6.07, 6.45) is 0. The normalized spacial score (nSPS) is 11.0. The largest absolute Gasteiger partial charge is 0.496 e. The maximum absolute atomic E-state index is 6.12. The molecule has 0 saturated heterocycles. The number of hydrogen-bond acceptors (Lipinski definition) is 6. The highest BCUT2D eigenvalue weighted by atomic mass is 35.5. The predicted octanol–water partition coefficient (Wildman–Crippen LogP) is 7.20. The van der Waals surface area contributed by atoms with Gasteiger partial charge in [0.25, 0.3) is 5.89 Å². The lowest BCUT2D eigenvalue weighted by atomic mass is 10.2. The third-order valence-corrected chi connectivity index (χ3v) is 5.04. The smallest absolute Gasteiger partial charge is 0.293 e. The van der Waals surface area contributed by atoms with E-state index in [0.29, 0.717) is 54.5 Å². The van der Waals surface area contributed by atoms with E-state index in [1.165, 1.54) is 0 Å². The Morgan fingerprint density at radius 3 is 2.43 bits per heavy atom. The van der Waals surface area contributed by atoms with Gasteiger partial charge in [-0.2, -0.15) is 4.98 Å². The molecule has 2 heterocycles. The Hall–Kier alpha value is -2.38. The lowest BCUT2D eigenvalue weighted by Gasteiger charge is -2.08. The van der Waals surface area contributed by atoms with Crippen LogP contribution in [0.2, 0.25) is 20.1 Å². The number of aromatic nitrogens is 2. The maximum atomic E-state index is 6.12. The fourth-order valence-corrected chi connectivity index (χ4v) is 3.77. The first-order chi connectivity index (χ1) is 14.4. The van der Waals surface area contributed by atoms with Gasteiger partial charge in [0.05, 0.1) is 22.7 Å². The molecule has 2 aromatic heterocycles. The molecule has 2 aromatic carbocycles. The van der Waals surface area contributed by atoms with Gasteiger partial charge >= 0.3 is 0 Å². The van der Waals surface area contributed by atoms with Gasteiger partial charge in [0.1, 0.15) is 18.1 Å². The van der Waals surface area contributed by atoms with Gasteiger partial charge in [-0.1, -0.05) is 51.6 Å². The minimum atomic E-state index is 0.0875. The van der Waals surface area contributed by atoms with Crippen molar-refractivity contribution >= 4 is 46.4 Å². The van der Waals surface area contributed by atoms with Gasteiger partial charge in [-0.3, -0.25) is 0 Å². The van der Waals surface area contributed by atoms with Gasteiger partial charge in [0.2, 0.25) is 5.82 Å². The van der Waals surface area contributed by atoms with E-state index in [1.54, 1.807) is 49.6 Å². The Morgan fingerprint density at radius 1 is 0.933 bits per heavy atom. The number of rotatable bonds is 6. The molecule has 0 bridgehead atoms. The first-order valence-corrected chi connectivity index (χ1v) is 10.00. The molecular formula is C20H12Cl4N2O4. The van der Waals surface area contributed by atoms with Crippen molar-refractivity contribution in [3.05, 3.63) is 68.3 Å². The van der Waals surface area contributed by atoms with Gasteiger partial charge in [-0.15, -0.1) is 0 Å². The molecule has 10 heteroatoms. The van der Waals surface area contributed by atoms with Crippen LogP contribution in [-0.2, 0) is 6.61 Å². The second-order valence-electron chi connectivity index (χ2n) is 6.02. The number of methoxy groups -OCH3 is 1. The minimum Gasteiger partial charge on any atom is -0.496 e. The van der Waals surface area contributed by atoms with E-state index in [-0.39, 0.29) is 12.5 Å². The van der Waals surface area contributed by atoms with Crippen LogP contribution in [0.5, 0.6) is 11.5 Å². The summed E-state index contributed by atoms with van der Waals surface area (Å²) in [7, 11) is 1.55. The molecule has 0 atom stereocenters. The highest BCUT2D eigenvalue weighted by Crippen LogP contribution is 2.37. The molecule has 0 spiro atoms. The van der Waals surface area contributed by atoms with E-state index >= 15 is 0 Å². The average molecular weight is 486 g/mol. The summed E-state index contributed by atoms with van der Waals surface area (Å²) in [6.45, 7) is 0.0875. The molecular weight excluding hydrogens is 474 g/mol. The van der Waals surface area contributed by atoms with Crippen LogP contribution in [0.15, 0.2) is 51.4 Å². The van der Waals surface area contributed by atoms with E-state index in [0.717, 1.165) is 0 Å². The van der Waals surface area contributed by atoms with Crippen LogP contribution in [-0.4, -0.2) is 17.3 Å². The second-order valence-corrected chi connectivity index (χ2v) is 7.71. The Bertz CT molecular complexity index is 1180. The van der Waals surface area contributed by atoms with E-state index in [9.17, 15) is 0 Å². The molecule has 0 aliphatic heterocycles. The summed E-state index contributed by atoms with van der Waals surface area (Å²) in [5.74, 6) is 2.28. The van der Waals surface area contributed by atoms with Crippen LogP contribution >= 0.6 is 46.4 Å². The first kappa shape index (κ1) is 20.9. The molecule has 0 saturated carbocycles. The summed E-state index contributed by atoms with van der Waals surface area (Å²) in [5.41, 5.74) is 0.599. The Kier molecular flexibility index (Phi) is 6.11. The predicted molar refractivity (Wildman–Crippen MR) is 115 cm³/mol. The molecule has 4 aromatic rings. The van der Waals surface area contributed by atoms with Crippen LogP contribution < -0.4 is 9.47 Å². The standard InChI is InChI=1S/C20H12Cl4N2O4/c1-27-16-4-2-10(21)6-13(16)19-25-20(30-26-19)17-5-3-12(29-17)9-28-18-14(23)7-11(22)8-15(18)24/h2-8H,9H2,1H3. The van der Waals surface area contributed by atoms with Crippen molar-refractivity contribution in [3.63, 3.8) is 0 Å². The molecule has 30 heavy (non-hydrogen) atoms. The van der Waals surface area contributed by atoms with E-state index < -0.39 is 0 Å². The molecule has 154 valence electrons. The van der Waals surface area contributed by atoms with E-state index in [1.807, 2.05) is 0 Å². The number of halogens is 4. The number of hydrogen-bond donors (Lipinski definition) is 0. The van der Waals surface area contributed by atoms with Gasteiger partial charge in [0, 0.05) is 10.0 Å². The Morgan fingerprint density at radius 2 is 1.70 bits per heavy atom. The van der Waals surface area contributed by atoms with Crippen molar-refractivity contribution in [2.45, 2.75) is 6.61 Å². The molecule has 0 aliphatic carbocycles. The average Bonchev–Trinajstić information content (AvgIpc) is 3.36. The third kappa shape index (κ3) is 4.37. The van der Waals surface area contributed by atoms with Crippen LogP contribution in [0.3, 0.4) is 0 Å². The monoisotopic (exact) mass is 484 g/mol. The molecule has 0 aliphatic rings. The molecule has 0 fully saturated rings. The molecule has 4 rings (SSSR count). The summed E-state index contributed by atoms with van der Waals surface area (Å²) >= 11 is 24.2. The minimum absolute atomic E-state index is 0.0875. The lowest BCUT2D eigenvalue weighted by Crippen LogP contribution is -1.95. The first-order valence-electron chi connectivity index (χ1n) is 8.48. The summed E-state index contributed by atoms with van der Waals surface area (Å²) in [5, 5.41) is 5.53.